The van der Waals surface area contributed by atoms with Gasteiger partial charge in [0.15, 0.2) is 10.9 Å². The van der Waals surface area contributed by atoms with Gasteiger partial charge in [-0.25, -0.2) is 13.8 Å². The fourth-order valence-electron chi connectivity index (χ4n) is 4.51. The SMILES string of the molecule is CCOc1ccc2ccccc2c1C(=O)N(CCCN1CCOCC1)c1nc2c(F)cc(F)cc2s1. The lowest BCUT2D eigenvalue weighted by molar-refractivity contribution is 0.0376. The van der Waals surface area contributed by atoms with E-state index in [1.807, 2.05) is 37.3 Å². The number of aromatic nitrogens is 1. The number of nitrogens with zero attached hydrogens (tertiary/aromatic N) is 3. The summed E-state index contributed by atoms with van der Waals surface area (Å²) < 4.78 is 40.0. The molecule has 5 rings (SSSR count). The molecule has 0 radical (unpaired) electrons. The standard InChI is InChI=1S/C27H27F2N3O3S/c1-2-35-22-9-8-18-6-3-4-7-20(18)24(22)26(33)32(11-5-10-31-12-14-34-15-13-31)27-30-25-21(29)16-19(28)17-23(25)36-27/h3-4,6-9,16-17H,2,5,10-15H2,1H3. The van der Waals surface area contributed by atoms with Gasteiger partial charge >= 0.3 is 0 Å². The van der Waals surface area contributed by atoms with E-state index in [2.05, 4.69) is 9.88 Å². The van der Waals surface area contributed by atoms with E-state index in [-0.39, 0.29) is 11.4 Å². The number of benzene rings is 3. The van der Waals surface area contributed by atoms with E-state index < -0.39 is 11.6 Å². The predicted octanol–water partition coefficient (Wildman–Crippen LogP) is 5.50. The molecule has 1 fully saturated rings. The zero-order valence-corrected chi connectivity index (χ0v) is 20.8. The number of carbonyl (C=O) groups excluding carboxylic acids is 1. The first kappa shape index (κ1) is 24.5. The van der Waals surface area contributed by atoms with Crippen LogP contribution in [0.2, 0.25) is 0 Å². The van der Waals surface area contributed by atoms with Gasteiger partial charge in [0.1, 0.15) is 17.1 Å². The van der Waals surface area contributed by atoms with Crippen molar-refractivity contribution < 1.29 is 23.0 Å². The van der Waals surface area contributed by atoms with Crippen LogP contribution in [0, 0.1) is 11.6 Å². The van der Waals surface area contributed by atoms with Crippen molar-refractivity contribution >= 4 is 43.4 Å². The van der Waals surface area contributed by atoms with Gasteiger partial charge in [-0.05, 0) is 36.2 Å². The maximum absolute atomic E-state index is 14.5. The molecule has 0 N–H and O–H groups in total. The molecular formula is C27H27F2N3O3S. The number of carbonyl (C=O) groups is 1. The number of ether oxygens (including phenoxy) is 2. The summed E-state index contributed by atoms with van der Waals surface area (Å²) in [6.07, 6.45) is 0.688. The molecule has 36 heavy (non-hydrogen) atoms. The van der Waals surface area contributed by atoms with E-state index in [9.17, 15) is 13.6 Å². The van der Waals surface area contributed by atoms with Crippen LogP contribution in [-0.4, -0.2) is 61.8 Å². The average Bonchev–Trinajstić information content (AvgIpc) is 3.31. The van der Waals surface area contributed by atoms with Crippen LogP contribution in [0.25, 0.3) is 21.0 Å². The van der Waals surface area contributed by atoms with Crippen LogP contribution in [-0.2, 0) is 4.74 Å². The van der Waals surface area contributed by atoms with Crippen LogP contribution < -0.4 is 9.64 Å². The first-order valence-electron chi connectivity index (χ1n) is 12.1. The highest BCUT2D eigenvalue weighted by molar-refractivity contribution is 7.22. The molecule has 1 saturated heterocycles. The van der Waals surface area contributed by atoms with Crippen molar-refractivity contribution in [3.8, 4) is 5.75 Å². The normalized spacial score (nSPS) is 14.4. The van der Waals surface area contributed by atoms with Crippen LogP contribution in [0.3, 0.4) is 0 Å². The number of fused-ring (bicyclic) bond motifs is 2. The van der Waals surface area contributed by atoms with E-state index in [0.717, 1.165) is 47.8 Å². The molecule has 0 saturated carbocycles. The second kappa shape index (κ2) is 10.9. The minimum atomic E-state index is -0.742. The van der Waals surface area contributed by atoms with Crippen LogP contribution in [0.15, 0.2) is 48.5 Å². The zero-order chi connectivity index (χ0) is 25.1. The van der Waals surface area contributed by atoms with Gasteiger partial charge in [0, 0.05) is 32.2 Å². The minimum Gasteiger partial charge on any atom is -0.493 e. The Hall–Kier alpha value is -3.14. The molecule has 0 unspecified atom stereocenters. The Bertz CT molecular complexity index is 1390. The number of hydrogen-bond acceptors (Lipinski definition) is 6. The van der Waals surface area contributed by atoms with Crippen LogP contribution in [0.4, 0.5) is 13.9 Å². The maximum atomic E-state index is 14.5. The van der Waals surface area contributed by atoms with Crippen LogP contribution in [0.1, 0.15) is 23.7 Å². The summed E-state index contributed by atoms with van der Waals surface area (Å²) in [6, 6.07) is 13.4. The average molecular weight is 512 g/mol. The molecule has 0 aliphatic carbocycles. The van der Waals surface area contributed by atoms with Crippen molar-refractivity contribution in [3.05, 3.63) is 65.7 Å². The number of thiazole rings is 1. The van der Waals surface area contributed by atoms with Crippen molar-refractivity contribution in [2.24, 2.45) is 0 Å². The summed E-state index contributed by atoms with van der Waals surface area (Å²) in [5.41, 5.74) is 0.498. The lowest BCUT2D eigenvalue weighted by Gasteiger charge is -2.28. The first-order valence-corrected chi connectivity index (χ1v) is 12.9. The van der Waals surface area contributed by atoms with E-state index in [0.29, 0.717) is 53.9 Å². The number of rotatable bonds is 8. The molecule has 0 bridgehead atoms. The fraction of sp³-hybridized carbons (Fsp3) is 0.333. The Morgan fingerprint density at radius 1 is 1.17 bits per heavy atom. The third-order valence-electron chi connectivity index (χ3n) is 6.24. The smallest absolute Gasteiger partial charge is 0.264 e. The molecular weight excluding hydrogens is 484 g/mol. The fourth-order valence-corrected chi connectivity index (χ4v) is 5.53. The van der Waals surface area contributed by atoms with Crippen LogP contribution in [0.5, 0.6) is 5.75 Å². The number of hydrogen-bond donors (Lipinski definition) is 0. The topological polar surface area (TPSA) is 54.9 Å². The molecule has 3 aromatic carbocycles. The number of anilines is 1. The van der Waals surface area contributed by atoms with Gasteiger partial charge in [0.05, 0.1) is 30.1 Å². The Balaban J connectivity index is 1.54. The third kappa shape index (κ3) is 5.04. The van der Waals surface area contributed by atoms with Crippen molar-refractivity contribution in [3.63, 3.8) is 0 Å². The highest BCUT2D eigenvalue weighted by atomic mass is 32.1. The molecule has 0 spiro atoms. The number of amides is 1. The van der Waals surface area contributed by atoms with Gasteiger partial charge in [0.25, 0.3) is 5.91 Å². The molecule has 1 aromatic heterocycles. The van der Waals surface area contributed by atoms with Gasteiger partial charge in [-0.1, -0.05) is 41.7 Å². The summed E-state index contributed by atoms with van der Waals surface area (Å²) in [4.78, 5) is 22.5. The first-order chi connectivity index (χ1) is 17.5. The van der Waals surface area contributed by atoms with Crippen LogP contribution >= 0.6 is 11.3 Å². The lowest BCUT2D eigenvalue weighted by Crippen LogP contribution is -2.39. The molecule has 1 amide bonds. The Morgan fingerprint density at radius 3 is 2.78 bits per heavy atom. The van der Waals surface area contributed by atoms with Gasteiger partial charge in [0.2, 0.25) is 0 Å². The molecule has 188 valence electrons. The molecule has 6 nitrogen and oxygen atoms in total. The molecule has 2 heterocycles. The zero-order valence-electron chi connectivity index (χ0n) is 20.0. The highest BCUT2D eigenvalue weighted by Crippen LogP contribution is 2.35. The summed E-state index contributed by atoms with van der Waals surface area (Å²) >= 11 is 1.11. The van der Waals surface area contributed by atoms with Crippen molar-refractivity contribution in [1.29, 1.82) is 0 Å². The van der Waals surface area contributed by atoms with E-state index >= 15 is 0 Å². The minimum absolute atomic E-state index is 0.0605. The molecule has 1 aliphatic heterocycles. The van der Waals surface area contributed by atoms with E-state index in [1.54, 1.807) is 11.0 Å². The number of morpholine rings is 1. The second-order valence-electron chi connectivity index (χ2n) is 8.59. The summed E-state index contributed by atoms with van der Waals surface area (Å²) in [5, 5.41) is 2.01. The third-order valence-corrected chi connectivity index (χ3v) is 7.27. The van der Waals surface area contributed by atoms with Gasteiger partial charge in [-0.2, -0.15) is 0 Å². The largest absolute Gasteiger partial charge is 0.493 e. The molecule has 1 aliphatic rings. The van der Waals surface area contributed by atoms with Gasteiger partial charge in [-0.3, -0.25) is 14.6 Å². The van der Waals surface area contributed by atoms with E-state index in [1.165, 1.54) is 6.07 Å². The second-order valence-corrected chi connectivity index (χ2v) is 9.60. The van der Waals surface area contributed by atoms with Crippen molar-refractivity contribution in [1.82, 2.24) is 9.88 Å². The van der Waals surface area contributed by atoms with Gasteiger partial charge in [-0.15, -0.1) is 0 Å². The molecule has 9 heteroatoms. The highest BCUT2D eigenvalue weighted by Gasteiger charge is 2.27. The van der Waals surface area contributed by atoms with E-state index in [4.69, 9.17) is 9.47 Å². The summed E-state index contributed by atoms with van der Waals surface area (Å²) in [7, 11) is 0. The maximum Gasteiger partial charge on any atom is 0.264 e. The Kier molecular flexibility index (Phi) is 7.41. The lowest BCUT2D eigenvalue weighted by atomic mass is 10.0. The van der Waals surface area contributed by atoms with Crippen molar-refractivity contribution in [2.75, 3.05) is 50.9 Å². The number of halogens is 2. The Morgan fingerprint density at radius 2 is 1.97 bits per heavy atom. The quantitative estimate of drug-likeness (QED) is 0.313. The molecule has 0 atom stereocenters. The monoisotopic (exact) mass is 511 g/mol. The summed E-state index contributed by atoms with van der Waals surface area (Å²) in [6.45, 7) is 6.51. The molecule has 4 aromatic rings. The predicted molar refractivity (Wildman–Crippen MR) is 138 cm³/mol. The van der Waals surface area contributed by atoms with Gasteiger partial charge < -0.3 is 9.47 Å². The summed E-state index contributed by atoms with van der Waals surface area (Å²) in [5.74, 6) is -1.21. The van der Waals surface area contributed by atoms with Crippen molar-refractivity contribution in [2.45, 2.75) is 13.3 Å². The Labute approximate surface area is 212 Å².